The summed E-state index contributed by atoms with van der Waals surface area (Å²) in [4.78, 5) is 38.2. The molecule has 1 fully saturated rings. The van der Waals surface area contributed by atoms with Crippen LogP contribution in [0.25, 0.3) is 10.9 Å². The number of nitrogens with zero attached hydrogens (tertiary/aromatic N) is 4. The zero-order valence-electron chi connectivity index (χ0n) is 18.9. The number of benzene rings is 1. The quantitative estimate of drug-likeness (QED) is 0.438. The van der Waals surface area contributed by atoms with Crippen LogP contribution in [-0.4, -0.2) is 38.0 Å². The third kappa shape index (κ3) is 3.73. The fourth-order valence-corrected chi connectivity index (χ4v) is 5.58. The lowest BCUT2D eigenvalue weighted by Crippen LogP contribution is -2.49. The molecule has 2 bridgehead atoms. The van der Waals surface area contributed by atoms with E-state index in [1.165, 1.54) is 22.5 Å². The predicted octanol–water partition coefficient (Wildman–Crippen LogP) is 3.87. The molecule has 4 heterocycles. The highest BCUT2D eigenvalue weighted by Gasteiger charge is 2.37. The van der Waals surface area contributed by atoms with Crippen molar-refractivity contribution in [1.29, 1.82) is 0 Å². The van der Waals surface area contributed by atoms with Gasteiger partial charge >= 0.3 is 11.2 Å². The average Bonchev–Trinajstić information content (AvgIpc) is 3.17. The SMILES string of the molecule is CC(C)n1cc(CCC(=O)N2CC3CC(C2)c2ccc([N+](=O)[O-])c(=O)n2C3)c2ccccc21. The number of hydrogen-bond donors (Lipinski definition) is 0. The van der Waals surface area contributed by atoms with E-state index in [0.717, 1.165) is 12.1 Å². The lowest BCUT2D eigenvalue weighted by Gasteiger charge is -2.42. The van der Waals surface area contributed by atoms with Gasteiger partial charge in [0.25, 0.3) is 0 Å². The monoisotopic (exact) mass is 448 g/mol. The molecule has 8 nitrogen and oxygen atoms in total. The summed E-state index contributed by atoms with van der Waals surface area (Å²) < 4.78 is 3.81. The van der Waals surface area contributed by atoms with Gasteiger partial charge in [0.15, 0.2) is 0 Å². The van der Waals surface area contributed by atoms with Crippen molar-refractivity contribution < 1.29 is 9.72 Å². The molecule has 172 valence electrons. The Morgan fingerprint density at radius 1 is 1.15 bits per heavy atom. The van der Waals surface area contributed by atoms with Crippen LogP contribution in [-0.2, 0) is 17.8 Å². The zero-order chi connectivity index (χ0) is 23.3. The molecule has 0 saturated carbocycles. The van der Waals surface area contributed by atoms with Crippen molar-refractivity contribution in [2.45, 2.75) is 51.6 Å². The normalized spacial score (nSPS) is 19.7. The first kappa shape index (κ1) is 21.4. The number of carbonyl (C=O) groups is 1. The van der Waals surface area contributed by atoms with Crippen molar-refractivity contribution in [2.75, 3.05) is 13.1 Å². The van der Waals surface area contributed by atoms with Crippen LogP contribution in [0.3, 0.4) is 0 Å². The maximum atomic E-state index is 13.2. The second kappa shape index (κ2) is 8.17. The van der Waals surface area contributed by atoms with Gasteiger partial charge in [-0.1, -0.05) is 18.2 Å². The molecule has 8 heteroatoms. The Bertz CT molecular complexity index is 1310. The minimum Gasteiger partial charge on any atom is -0.345 e. The number of fused-ring (bicyclic) bond motifs is 5. The van der Waals surface area contributed by atoms with Crippen LogP contribution in [0.2, 0.25) is 0 Å². The molecule has 0 spiro atoms. The van der Waals surface area contributed by atoms with Crippen molar-refractivity contribution in [3.05, 3.63) is 74.3 Å². The van der Waals surface area contributed by atoms with Gasteiger partial charge in [0.05, 0.1) is 4.92 Å². The van der Waals surface area contributed by atoms with Gasteiger partial charge in [-0.15, -0.1) is 0 Å². The number of pyridine rings is 1. The van der Waals surface area contributed by atoms with Crippen LogP contribution in [0.1, 0.15) is 49.9 Å². The summed E-state index contributed by atoms with van der Waals surface area (Å²) in [6.45, 7) is 5.90. The molecule has 0 aliphatic carbocycles. The van der Waals surface area contributed by atoms with Gasteiger partial charge in [0.2, 0.25) is 5.91 Å². The Kier molecular flexibility index (Phi) is 5.31. The zero-order valence-corrected chi connectivity index (χ0v) is 18.9. The van der Waals surface area contributed by atoms with Gasteiger partial charge in [0, 0.05) is 66.9 Å². The molecule has 0 N–H and O–H groups in total. The number of likely N-dealkylation sites (tertiary alicyclic amines) is 1. The van der Waals surface area contributed by atoms with Gasteiger partial charge in [-0.3, -0.25) is 19.7 Å². The molecule has 2 atom stereocenters. The molecule has 33 heavy (non-hydrogen) atoms. The Balaban J connectivity index is 1.32. The van der Waals surface area contributed by atoms with Crippen molar-refractivity contribution in [3.63, 3.8) is 0 Å². The molecule has 1 amide bonds. The first-order chi connectivity index (χ1) is 15.8. The number of nitro groups is 1. The van der Waals surface area contributed by atoms with Gasteiger partial charge in [-0.2, -0.15) is 0 Å². The van der Waals surface area contributed by atoms with Gasteiger partial charge in [0.1, 0.15) is 0 Å². The summed E-state index contributed by atoms with van der Waals surface area (Å²) in [7, 11) is 0. The molecule has 1 saturated heterocycles. The summed E-state index contributed by atoms with van der Waals surface area (Å²) in [6, 6.07) is 11.7. The van der Waals surface area contributed by atoms with E-state index in [1.54, 1.807) is 10.6 Å². The summed E-state index contributed by atoms with van der Waals surface area (Å²) >= 11 is 0. The average molecular weight is 449 g/mol. The highest BCUT2D eigenvalue weighted by atomic mass is 16.6. The standard InChI is InChI=1S/C25H28N4O4/c1-16(2)27-15-18(20-5-3-4-6-22(20)27)7-10-24(30)26-12-17-11-19(14-26)21-8-9-23(29(32)33)25(31)28(21)13-17/h3-6,8-9,15-17,19H,7,10-14H2,1-2H3. The Hall–Kier alpha value is -3.42. The van der Waals surface area contributed by atoms with Gasteiger partial charge < -0.3 is 14.0 Å². The van der Waals surface area contributed by atoms with Crippen molar-refractivity contribution in [3.8, 4) is 0 Å². The van der Waals surface area contributed by atoms with Crippen molar-refractivity contribution >= 4 is 22.5 Å². The summed E-state index contributed by atoms with van der Waals surface area (Å²) in [6.07, 6.45) is 4.21. The third-order valence-electron chi connectivity index (χ3n) is 7.12. The van der Waals surface area contributed by atoms with Crippen LogP contribution >= 0.6 is 0 Å². The molecule has 0 radical (unpaired) electrons. The highest BCUT2D eigenvalue weighted by molar-refractivity contribution is 5.85. The summed E-state index contributed by atoms with van der Waals surface area (Å²) in [5.74, 6) is 0.310. The number of para-hydroxylation sites is 1. The molecule has 5 rings (SSSR count). The Morgan fingerprint density at radius 3 is 2.70 bits per heavy atom. The second-order valence-electron chi connectivity index (χ2n) is 9.59. The third-order valence-corrected chi connectivity index (χ3v) is 7.12. The van der Waals surface area contributed by atoms with E-state index in [0.29, 0.717) is 38.5 Å². The molecular weight excluding hydrogens is 420 g/mol. The van der Waals surface area contributed by atoms with E-state index in [1.807, 2.05) is 17.0 Å². The Labute approximate surface area is 191 Å². The summed E-state index contributed by atoms with van der Waals surface area (Å²) in [5, 5.41) is 12.3. The maximum Gasteiger partial charge on any atom is 0.334 e. The number of rotatable bonds is 5. The van der Waals surface area contributed by atoms with Crippen molar-refractivity contribution in [2.24, 2.45) is 5.92 Å². The van der Waals surface area contributed by atoms with Crippen LogP contribution in [0.4, 0.5) is 5.69 Å². The first-order valence-electron chi connectivity index (χ1n) is 11.6. The molecule has 2 aliphatic heterocycles. The largest absolute Gasteiger partial charge is 0.345 e. The van der Waals surface area contributed by atoms with E-state index in [9.17, 15) is 19.7 Å². The summed E-state index contributed by atoms with van der Waals surface area (Å²) in [5.41, 5.74) is 2.27. The first-order valence-corrected chi connectivity index (χ1v) is 11.6. The van der Waals surface area contributed by atoms with Gasteiger partial charge in [-0.25, -0.2) is 0 Å². The number of piperidine rings is 1. The lowest BCUT2D eigenvalue weighted by atomic mass is 9.83. The minimum absolute atomic E-state index is 0.0396. The van der Waals surface area contributed by atoms with Crippen molar-refractivity contribution in [1.82, 2.24) is 14.0 Å². The fraction of sp³-hybridized carbons (Fsp3) is 0.440. The lowest BCUT2D eigenvalue weighted by molar-refractivity contribution is -0.386. The smallest absolute Gasteiger partial charge is 0.334 e. The predicted molar refractivity (Wildman–Crippen MR) is 125 cm³/mol. The van der Waals surface area contributed by atoms with E-state index < -0.39 is 10.5 Å². The number of aryl methyl sites for hydroxylation is 1. The van der Waals surface area contributed by atoms with Gasteiger partial charge in [-0.05, 0) is 50.3 Å². The highest BCUT2D eigenvalue weighted by Crippen LogP contribution is 2.36. The minimum atomic E-state index is -0.619. The van der Waals surface area contributed by atoms with Crippen LogP contribution < -0.4 is 5.56 Å². The number of amides is 1. The fourth-order valence-electron chi connectivity index (χ4n) is 5.58. The molecule has 2 unspecified atom stereocenters. The number of hydrogen-bond acceptors (Lipinski definition) is 4. The molecular formula is C25H28N4O4. The topological polar surface area (TPSA) is 90.4 Å². The Morgan fingerprint density at radius 2 is 1.94 bits per heavy atom. The second-order valence-corrected chi connectivity index (χ2v) is 9.59. The molecule has 3 aromatic rings. The number of carbonyl (C=O) groups excluding carboxylic acids is 1. The molecule has 2 aromatic heterocycles. The van der Waals surface area contributed by atoms with Crippen LogP contribution in [0.15, 0.2) is 47.4 Å². The van der Waals surface area contributed by atoms with E-state index in [4.69, 9.17) is 0 Å². The maximum absolute atomic E-state index is 13.2. The van der Waals surface area contributed by atoms with E-state index in [-0.39, 0.29) is 23.4 Å². The molecule has 1 aromatic carbocycles. The van der Waals surface area contributed by atoms with Crippen LogP contribution in [0.5, 0.6) is 0 Å². The van der Waals surface area contributed by atoms with E-state index >= 15 is 0 Å². The van der Waals surface area contributed by atoms with E-state index in [2.05, 4.69) is 36.7 Å². The van der Waals surface area contributed by atoms with Crippen LogP contribution in [0, 0.1) is 16.0 Å². The number of aromatic nitrogens is 2. The molecule has 2 aliphatic rings.